The van der Waals surface area contributed by atoms with E-state index in [1.807, 2.05) is 0 Å². The third-order valence-corrected chi connectivity index (χ3v) is 5.11. The van der Waals surface area contributed by atoms with Gasteiger partial charge < -0.3 is 9.84 Å². The monoisotopic (exact) mass is 418 g/mol. The van der Waals surface area contributed by atoms with E-state index >= 15 is 0 Å². The molecule has 0 radical (unpaired) electrons. The molecule has 0 spiro atoms. The van der Waals surface area contributed by atoms with E-state index in [0.717, 1.165) is 0 Å². The highest BCUT2D eigenvalue weighted by Crippen LogP contribution is 2.26. The Morgan fingerprint density at radius 2 is 1.54 bits per heavy atom. The van der Waals surface area contributed by atoms with Gasteiger partial charge in [0.2, 0.25) is 6.10 Å². The van der Waals surface area contributed by atoms with E-state index in [4.69, 9.17) is 4.55 Å². The Bertz CT molecular complexity index is 903. The SMILES string of the molecule is BCc1c(B)c(CB)c(C(=O)OC(CS(=O)(=O)O)C(F)(F)F)c(C(=O)O)c1B. The Morgan fingerprint density at radius 1 is 1.04 bits per heavy atom. The fourth-order valence-electron chi connectivity index (χ4n) is 3.18. The van der Waals surface area contributed by atoms with Crippen LogP contribution in [-0.4, -0.2) is 79.4 Å². The zero-order valence-electron chi connectivity index (χ0n) is 15.7. The summed E-state index contributed by atoms with van der Waals surface area (Å²) in [6, 6.07) is 0. The molecule has 150 valence electrons. The maximum atomic E-state index is 13.1. The molecule has 0 amide bonds. The van der Waals surface area contributed by atoms with Gasteiger partial charge in [0.05, 0.1) is 11.1 Å². The average molecular weight is 418 g/mol. The molecule has 0 fully saturated rings. The van der Waals surface area contributed by atoms with Crippen molar-refractivity contribution in [2.75, 3.05) is 5.75 Å². The lowest BCUT2D eigenvalue weighted by atomic mass is 9.68. The van der Waals surface area contributed by atoms with E-state index in [2.05, 4.69) is 4.74 Å². The summed E-state index contributed by atoms with van der Waals surface area (Å²) in [5, 5.41) is 9.54. The maximum Gasteiger partial charge on any atom is 0.426 e. The number of esters is 1. The van der Waals surface area contributed by atoms with Crippen LogP contribution in [0.15, 0.2) is 0 Å². The number of hydrogen-bond donors (Lipinski definition) is 2. The standard InChI is InChI=1S/C13H17B4F3O7S/c14-1-4-7(8(11(21)22)10(17)5(2-15)9(4)16)12(23)27-6(13(18,19)20)3-28(24,25)26/h6H,1-3,14-17H2,(H,21,22)(H,24,25,26). The fourth-order valence-corrected chi connectivity index (χ4v) is 3.82. The van der Waals surface area contributed by atoms with Crippen LogP contribution in [0.1, 0.15) is 31.8 Å². The van der Waals surface area contributed by atoms with Crippen molar-refractivity contribution in [3.63, 3.8) is 0 Å². The Hall–Kier alpha value is -1.88. The molecule has 0 aliphatic heterocycles. The third-order valence-electron chi connectivity index (χ3n) is 4.39. The van der Waals surface area contributed by atoms with Gasteiger partial charge in [-0.2, -0.15) is 21.6 Å². The van der Waals surface area contributed by atoms with Gasteiger partial charge in [0.1, 0.15) is 37.1 Å². The van der Waals surface area contributed by atoms with Crippen molar-refractivity contribution in [1.29, 1.82) is 0 Å². The van der Waals surface area contributed by atoms with Gasteiger partial charge in [0.15, 0.2) is 0 Å². The van der Waals surface area contributed by atoms with Crippen LogP contribution >= 0.6 is 0 Å². The van der Waals surface area contributed by atoms with Crippen LogP contribution in [-0.2, 0) is 27.5 Å². The number of alkyl halides is 3. The number of carboxylic acid groups (broad SMARTS) is 1. The lowest BCUT2D eigenvalue weighted by molar-refractivity contribution is -0.197. The van der Waals surface area contributed by atoms with E-state index in [1.165, 1.54) is 7.85 Å². The Balaban J connectivity index is 3.65. The highest BCUT2D eigenvalue weighted by Gasteiger charge is 2.46. The minimum atomic E-state index is -5.28. The molecule has 1 aromatic rings. The third kappa shape index (κ3) is 5.34. The highest BCUT2D eigenvalue weighted by atomic mass is 32.2. The van der Waals surface area contributed by atoms with Gasteiger partial charge in [0.25, 0.3) is 10.1 Å². The molecule has 0 aliphatic rings. The first-order valence-corrected chi connectivity index (χ1v) is 9.87. The molecule has 1 unspecified atom stereocenters. The molecule has 0 aliphatic carbocycles. The average Bonchev–Trinajstić information content (AvgIpc) is 2.51. The van der Waals surface area contributed by atoms with Crippen molar-refractivity contribution in [2.24, 2.45) is 0 Å². The van der Waals surface area contributed by atoms with Crippen molar-refractivity contribution in [3.8, 4) is 0 Å². The zero-order chi connectivity index (χ0) is 22.0. The lowest BCUT2D eigenvalue weighted by Gasteiger charge is -2.24. The molecule has 0 bridgehead atoms. The molecule has 28 heavy (non-hydrogen) atoms. The summed E-state index contributed by atoms with van der Waals surface area (Å²) in [6.45, 7) is 0. The lowest BCUT2D eigenvalue weighted by Crippen LogP contribution is -2.41. The Kier molecular flexibility index (Phi) is 7.46. The highest BCUT2D eigenvalue weighted by molar-refractivity contribution is 7.85. The summed E-state index contributed by atoms with van der Waals surface area (Å²) in [4.78, 5) is 24.3. The number of carbonyl (C=O) groups is 2. The van der Waals surface area contributed by atoms with Crippen molar-refractivity contribution in [1.82, 2.24) is 0 Å². The van der Waals surface area contributed by atoms with Gasteiger partial charge in [0, 0.05) is 0 Å². The number of hydrogen-bond acceptors (Lipinski definition) is 5. The van der Waals surface area contributed by atoms with E-state index in [9.17, 15) is 36.3 Å². The molecule has 2 N–H and O–H groups in total. The molecule has 0 saturated carbocycles. The first-order chi connectivity index (χ1) is 12.7. The fraction of sp³-hybridized carbons (Fsp3) is 0.385. The second kappa shape index (κ2) is 8.64. The molecular weight excluding hydrogens is 400 g/mol. The van der Waals surface area contributed by atoms with E-state index in [0.29, 0.717) is 17.3 Å². The van der Waals surface area contributed by atoms with Gasteiger partial charge in [-0.1, -0.05) is 29.1 Å². The van der Waals surface area contributed by atoms with Crippen molar-refractivity contribution >= 4 is 64.4 Å². The molecular formula is C13H17B4F3O7S. The predicted octanol–water partition coefficient (Wildman–Crippen LogP) is -3.86. The van der Waals surface area contributed by atoms with Gasteiger partial charge in [-0.15, -0.1) is 0 Å². The summed E-state index contributed by atoms with van der Waals surface area (Å²) in [5.74, 6) is -5.03. The van der Waals surface area contributed by atoms with Gasteiger partial charge >= 0.3 is 18.1 Å². The summed E-state index contributed by atoms with van der Waals surface area (Å²) < 4.78 is 74.0. The summed E-state index contributed by atoms with van der Waals surface area (Å²) in [7, 11) is 1.30. The minimum absolute atomic E-state index is 0.138. The molecule has 15 heteroatoms. The van der Waals surface area contributed by atoms with Crippen molar-refractivity contribution < 1.29 is 45.6 Å². The van der Waals surface area contributed by atoms with Crippen LogP contribution in [0.5, 0.6) is 0 Å². The van der Waals surface area contributed by atoms with Crippen LogP contribution < -0.4 is 10.9 Å². The number of aromatic carboxylic acids is 1. The first kappa shape index (κ1) is 24.2. The topological polar surface area (TPSA) is 118 Å². The zero-order valence-corrected chi connectivity index (χ0v) is 16.5. The second-order valence-electron chi connectivity index (χ2n) is 6.15. The predicted molar refractivity (Wildman–Crippen MR) is 106 cm³/mol. The number of benzene rings is 1. The second-order valence-corrected chi connectivity index (χ2v) is 7.65. The van der Waals surface area contributed by atoms with Gasteiger partial charge in [-0.05, 0) is 5.56 Å². The minimum Gasteiger partial charge on any atom is -0.478 e. The van der Waals surface area contributed by atoms with Crippen LogP contribution in [0.3, 0.4) is 0 Å². The smallest absolute Gasteiger partial charge is 0.426 e. The number of carbonyl (C=O) groups excluding carboxylic acids is 1. The summed E-state index contributed by atoms with van der Waals surface area (Å²) >= 11 is 0. The maximum absolute atomic E-state index is 13.1. The summed E-state index contributed by atoms with van der Waals surface area (Å²) in [6.07, 6.45) is -7.85. The first-order valence-electron chi connectivity index (χ1n) is 8.26. The Morgan fingerprint density at radius 3 is 1.89 bits per heavy atom. The van der Waals surface area contributed by atoms with Crippen molar-refractivity contribution in [2.45, 2.75) is 24.9 Å². The molecule has 0 saturated heterocycles. The normalized spacial score (nSPS) is 13.1. The molecule has 7 nitrogen and oxygen atoms in total. The van der Waals surface area contributed by atoms with Crippen LogP contribution in [0, 0.1) is 0 Å². The Labute approximate surface area is 163 Å². The quantitative estimate of drug-likeness (QED) is 0.265. The van der Waals surface area contributed by atoms with Crippen LogP contribution in [0.25, 0.3) is 0 Å². The van der Waals surface area contributed by atoms with E-state index in [1.54, 1.807) is 23.5 Å². The molecule has 1 atom stereocenters. The number of rotatable bonds is 7. The molecule has 0 aromatic heterocycles. The number of halogens is 3. The molecule has 1 rings (SSSR count). The number of ether oxygens (including phenoxy) is 1. The van der Waals surface area contributed by atoms with E-state index in [-0.39, 0.29) is 17.3 Å². The van der Waals surface area contributed by atoms with Crippen LogP contribution in [0.4, 0.5) is 13.2 Å². The number of carboxylic acids is 1. The summed E-state index contributed by atoms with van der Waals surface area (Å²) in [5.41, 5.74) is 0.588. The van der Waals surface area contributed by atoms with Crippen LogP contribution in [0.2, 0.25) is 0 Å². The largest absolute Gasteiger partial charge is 0.478 e. The molecule has 0 heterocycles. The van der Waals surface area contributed by atoms with Gasteiger partial charge in [-0.25, -0.2) is 9.59 Å². The van der Waals surface area contributed by atoms with Gasteiger partial charge in [-0.3, -0.25) is 4.55 Å². The molecule has 1 aromatic carbocycles. The van der Waals surface area contributed by atoms with Crippen molar-refractivity contribution in [3.05, 3.63) is 22.3 Å². The van der Waals surface area contributed by atoms with E-state index < -0.39 is 51.2 Å².